The first-order valence-corrected chi connectivity index (χ1v) is 8.67. The van der Waals surface area contributed by atoms with E-state index in [9.17, 15) is 18.0 Å². The molecule has 0 unspecified atom stereocenters. The van der Waals surface area contributed by atoms with E-state index >= 15 is 0 Å². The summed E-state index contributed by atoms with van der Waals surface area (Å²) >= 11 is 0. The minimum Gasteiger partial charge on any atom is -0.347 e. The number of hydrogen-bond donors (Lipinski definition) is 0. The van der Waals surface area contributed by atoms with Gasteiger partial charge in [0.2, 0.25) is 11.7 Å². The lowest BCUT2D eigenvalue weighted by atomic mass is 10.1. The molecule has 0 aliphatic rings. The zero-order valence-electron chi connectivity index (χ0n) is 15.5. The minimum absolute atomic E-state index is 0.0131. The van der Waals surface area contributed by atoms with E-state index in [1.165, 1.54) is 30.5 Å². The van der Waals surface area contributed by atoms with Crippen LogP contribution in [-0.4, -0.2) is 34.4 Å². The molecule has 2 aromatic heterocycles. The first-order valence-electron chi connectivity index (χ1n) is 8.67. The molecule has 29 heavy (non-hydrogen) atoms. The summed E-state index contributed by atoms with van der Waals surface area (Å²) in [6.07, 6.45) is 1.48. The van der Waals surface area contributed by atoms with Gasteiger partial charge in [-0.1, -0.05) is 6.07 Å². The number of carbonyl (C=O) groups excluding carboxylic acids is 1. The van der Waals surface area contributed by atoms with E-state index in [0.717, 1.165) is 28.8 Å². The van der Waals surface area contributed by atoms with Gasteiger partial charge >= 0.3 is 0 Å². The van der Waals surface area contributed by atoms with Crippen LogP contribution in [-0.2, 0) is 0 Å². The van der Waals surface area contributed by atoms with Gasteiger partial charge in [0.25, 0.3) is 0 Å². The van der Waals surface area contributed by atoms with Gasteiger partial charge in [0.1, 0.15) is 23.1 Å². The number of carbonyl (C=O) groups is 1. The SMILES string of the molecule is CN(C)c1ncc2cc(C(=O)c3ccc(F)cc3)n(-c3c(F)cccc3F)c2n1. The fourth-order valence-electron chi connectivity index (χ4n) is 3.04. The predicted octanol–water partition coefficient (Wildman–Crippen LogP) is 4.13. The third-order valence-electron chi connectivity index (χ3n) is 4.43. The molecule has 2 aromatic carbocycles. The average Bonchev–Trinajstić information content (AvgIpc) is 3.06. The molecule has 0 saturated carbocycles. The number of nitrogens with zero attached hydrogens (tertiary/aromatic N) is 4. The highest BCUT2D eigenvalue weighted by Crippen LogP contribution is 2.29. The summed E-state index contributed by atoms with van der Waals surface area (Å²) in [4.78, 5) is 23.3. The first-order chi connectivity index (χ1) is 13.9. The number of rotatable bonds is 4. The molecule has 0 spiro atoms. The molecule has 5 nitrogen and oxygen atoms in total. The van der Waals surface area contributed by atoms with E-state index < -0.39 is 28.9 Å². The van der Waals surface area contributed by atoms with Crippen LogP contribution in [0.1, 0.15) is 16.1 Å². The molecule has 0 amide bonds. The second kappa shape index (κ2) is 7.05. The molecular formula is C21H15F3N4O. The molecule has 146 valence electrons. The van der Waals surface area contributed by atoms with Crippen LogP contribution in [0, 0.1) is 17.5 Å². The van der Waals surface area contributed by atoms with Gasteiger partial charge in [0, 0.05) is 31.2 Å². The van der Waals surface area contributed by atoms with Crippen molar-refractivity contribution < 1.29 is 18.0 Å². The summed E-state index contributed by atoms with van der Waals surface area (Å²) in [5.74, 6) is -2.41. The Morgan fingerprint density at radius 3 is 2.28 bits per heavy atom. The van der Waals surface area contributed by atoms with Crippen LogP contribution in [0.4, 0.5) is 19.1 Å². The maximum absolute atomic E-state index is 14.6. The van der Waals surface area contributed by atoms with Crippen molar-refractivity contribution in [3.05, 3.63) is 83.4 Å². The van der Waals surface area contributed by atoms with Gasteiger partial charge in [-0.05, 0) is 42.5 Å². The van der Waals surface area contributed by atoms with Gasteiger partial charge in [0.15, 0.2) is 5.65 Å². The van der Waals surface area contributed by atoms with Gasteiger partial charge < -0.3 is 4.90 Å². The van der Waals surface area contributed by atoms with Crippen LogP contribution in [0.25, 0.3) is 16.7 Å². The van der Waals surface area contributed by atoms with E-state index in [2.05, 4.69) is 9.97 Å². The van der Waals surface area contributed by atoms with Crippen molar-refractivity contribution in [3.63, 3.8) is 0 Å². The highest BCUT2D eigenvalue weighted by atomic mass is 19.1. The first kappa shape index (κ1) is 18.7. The summed E-state index contributed by atoms with van der Waals surface area (Å²) in [5, 5.41) is 0.434. The van der Waals surface area contributed by atoms with Crippen molar-refractivity contribution in [3.8, 4) is 5.69 Å². The lowest BCUT2D eigenvalue weighted by Crippen LogP contribution is -2.14. The maximum Gasteiger partial charge on any atom is 0.226 e. The van der Waals surface area contributed by atoms with Crippen LogP contribution >= 0.6 is 0 Å². The Kier molecular flexibility index (Phi) is 4.54. The van der Waals surface area contributed by atoms with E-state index in [-0.39, 0.29) is 16.9 Å². The second-order valence-corrected chi connectivity index (χ2v) is 6.61. The topological polar surface area (TPSA) is 51.0 Å². The van der Waals surface area contributed by atoms with Crippen LogP contribution in [0.5, 0.6) is 0 Å². The Morgan fingerprint density at radius 1 is 1.00 bits per heavy atom. The van der Waals surface area contributed by atoms with Crippen LogP contribution in [0.2, 0.25) is 0 Å². The minimum atomic E-state index is -0.847. The smallest absolute Gasteiger partial charge is 0.226 e. The van der Waals surface area contributed by atoms with Crippen LogP contribution < -0.4 is 4.90 Å². The highest BCUT2D eigenvalue weighted by Gasteiger charge is 2.24. The number of halogens is 3. The number of anilines is 1. The van der Waals surface area contributed by atoms with Crippen LogP contribution in [0.15, 0.2) is 54.7 Å². The lowest BCUT2D eigenvalue weighted by molar-refractivity contribution is 0.103. The molecule has 0 aliphatic heterocycles. The van der Waals surface area contributed by atoms with Gasteiger partial charge in [-0.25, -0.2) is 18.2 Å². The van der Waals surface area contributed by atoms with Crippen molar-refractivity contribution in [1.29, 1.82) is 0 Å². The molecule has 2 heterocycles. The summed E-state index contributed by atoms with van der Waals surface area (Å²) in [6, 6.07) is 9.83. The van der Waals surface area contributed by atoms with Gasteiger partial charge in [-0.2, -0.15) is 4.98 Å². The average molecular weight is 396 g/mol. The number of ketones is 1. The molecule has 0 bridgehead atoms. The number of hydrogen-bond acceptors (Lipinski definition) is 4. The molecule has 0 aliphatic carbocycles. The molecule has 0 saturated heterocycles. The van der Waals surface area contributed by atoms with Crippen LogP contribution in [0.3, 0.4) is 0 Å². The Hall–Kier alpha value is -3.68. The summed E-state index contributed by atoms with van der Waals surface area (Å²) < 4.78 is 43.6. The Bertz CT molecular complexity index is 1210. The fraction of sp³-hybridized carbons (Fsp3) is 0.0952. The van der Waals surface area contributed by atoms with E-state index in [4.69, 9.17) is 0 Å². The summed E-state index contributed by atoms with van der Waals surface area (Å²) in [7, 11) is 3.45. The molecule has 0 radical (unpaired) electrons. The number of benzene rings is 2. The summed E-state index contributed by atoms with van der Waals surface area (Å²) in [6.45, 7) is 0. The zero-order chi connectivity index (χ0) is 20.7. The maximum atomic E-state index is 14.6. The standard InChI is InChI=1S/C21H15F3N4O/c1-27(2)21-25-11-13-10-17(19(29)12-6-8-14(22)9-7-12)28(20(13)26-21)18-15(23)4-3-5-16(18)24/h3-11H,1-2H3. The molecule has 8 heteroatoms. The van der Waals surface area contributed by atoms with Gasteiger partial charge in [-0.15, -0.1) is 0 Å². The Balaban J connectivity index is 2.04. The quantitative estimate of drug-likeness (QED) is 0.487. The van der Waals surface area contributed by atoms with Gasteiger partial charge in [-0.3, -0.25) is 9.36 Å². The second-order valence-electron chi connectivity index (χ2n) is 6.61. The third kappa shape index (κ3) is 3.22. The Morgan fingerprint density at radius 2 is 1.66 bits per heavy atom. The van der Waals surface area contributed by atoms with Crippen molar-refractivity contribution >= 4 is 22.8 Å². The fourth-order valence-corrected chi connectivity index (χ4v) is 3.04. The molecule has 0 N–H and O–H groups in total. The predicted molar refractivity (Wildman–Crippen MR) is 103 cm³/mol. The van der Waals surface area contributed by atoms with Crippen molar-refractivity contribution in [2.24, 2.45) is 0 Å². The third-order valence-corrected chi connectivity index (χ3v) is 4.43. The zero-order valence-corrected chi connectivity index (χ0v) is 15.5. The highest BCUT2D eigenvalue weighted by molar-refractivity contribution is 6.10. The van der Waals surface area contributed by atoms with E-state index in [1.54, 1.807) is 19.0 Å². The number of fused-ring (bicyclic) bond motifs is 1. The monoisotopic (exact) mass is 396 g/mol. The van der Waals surface area contributed by atoms with E-state index in [1.807, 2.05) is 0 Å². The summed E-state index contributed by atoms with van der Waals surface area (Å²) in [5.41, 5.74) is -0.0802. The molecule has 0 atom stereocenters. The van der Waals surface area contributed by atoms with Gasteiger partial charge in [0.05, 0.1) is 5.69 Å². The number of aromatic nitrogens is 3. The molecular weight excluding hydrogens is 381 g/mol. The molecule has 4 aromatic rings. The largest absolute Gasteiger partial charge is 0.347 e. The molecule has 4 rings (SSSR count). The van der Waals surface area contributed by atoms with E-state index in [0.29, 0.717) is 11.3 Å². The number of para-hydroxylation sites is 1. The lowest BCUT2D eigenvalue weighted by Gasteiger charge is -2.13. The normalized spacial score (nSPS) is 11.1. The Labute approximate surface area is 164 Å². The van der Waals surface area contributed by atoms with Crippen molar-refractivity contribution in [2.75, 3.05) is 19.0 Å². The van der Waals surface area contributed by atoms with Crippen molar-refractivity contribution in [1.82, 2.24) is 14.5 Å². The van der Waals surface area contributed by atoms with Crippen molar-refractivity contribution in [2.45, 2.75) is 0 Å². The molecule has 0 fully saturated rings.